The van der Waals surface area contributed by atoms with Crippen LogP contribution in [0.4, 0.5) is 5.69 Å². The molecule has 1 fully saturated rings. The third-order valence-corrected chi connectivity index (χ3v) is 3.39. The minimum absolute atomic E-state index is 0.0149. The van der Waals surface area contributed by atoms with Crippen molar-refractivity contribution in [3.63, 3.8) is 0 Å². The van der Waals surface area contributed by atoms with E-state index >= 15 is 0 Å². The summed E-state index contributed by atoms with van der Waals surface area (Å²) < 4.78 is 0. The summed E-state index contributed by atoms with van der Waals surface area (Å²) in [6.45, 7) is 1.46. The Morgan fingerprint density at radius 1 is 1.11 bits per heavy atom. The van der Waals surface area contributed by atoms with Crippen molar-refractivity contribution >= 4 is 17.5 Å². The molecule has 0 saturated carbocycles. The first kappa shape index (κ1) is 11.2. The highest BCUT2D eigenvalue weighted by atomic mass is 16.2. The highest BCUT2D eigenvalue weighted by molar-refractivity contribution is 5.94. The number of rotatable bonds is 1. The lowest BCUT2D eigenvalue weighted by Crippen LogP contribution is -2.47. The summed E-state index contributed by atoms with van der Waals surface area (Å²) in [5, 5.41) is 8.89. The molecule has 0 bridgehead atoms. The van der Waals surface area contributed by atoms with Crippen LogP contribution >= 0.6 is 0 Å². The maximum atomic E-state index is 11.8. The van der Waals surface area contributed by atoms with Gasteiger partial charge in [0, 0.05) is 25.2 Å². The number of carbonyl (C=O) groups excluding carboxylic acids is 2. The molecule has 1 aromatic rings. The van der Waals surface area contributed by atoms with E-state index in [-0.39, 0.29) is 17.9 Å². The fourth-order valence-electron chi connectivity index (χ4n) is 2.45. The molecule has 94 valence electrons. The normalized spacial score (nSPS) is 23.0. The Hall–Kier alpha value is -1.88. The number of nitrogens with one attached hydrogen (secondary N) is 3. The van der Waals surface area contributed by atoms with Crippen molar-refractivity contribution in [3.8, 4) is 0 Å². The fourth-order valence-corrected chi connectivity index (χ4v) is 2.45. The first-order valence-corrected chi connectivity index (χ1v) is 6.18. The zero-order valence-corrected chi connectivity index (χ0v) is 9.95. The lowest BCUT2D eigenvalue weighted by atomic mass is 9.96. The maximum Gasteiger partial charge on any atom is 0.241 e. The van der Waals surface area contributed by atoms with Crippen LogP contribution in [0.3, 0.4) is 0 Å². The van der Waals surface area contributed by atoms with Gasteiger partial charge in [-0.15, -0.1) is 0 Å². The van der Waals surface area contributed by atoms with Gasteiger partial charge in [0.25, 0.3) is 0 Å². The van der Waals surface area contributed by atoms with Crippen molar-refractivity contribution in [1.29, 1.82) is 0 Å². The summed E-state index contributed by atoms with van der Waals surface area (Å²) >= 11 is 0. The molecule has 5 heteroatoms. The largest absolute Gasteiger partial charge is 0.353 e. The molecule has 0 aromatic heterocycles. The van der Waals surface area contributed by atoms with Gasteiger partial charge in [0.1, 0.15) is 6.04 Å². The highest BCUT2D eigenvalue weighted by Gasteiger charge is 2.24. The molecule has 3 rings (SSSR count). The van der Waals surface area contributed by atoms with Crippen LogP contribution < -0.4 is 16.0 Å². The molecule has 3 N–H and O–H groups in total. The lowest BCUT2D eigenvalue weighted by molar-refractivity contribution is -0.124. The van der Waals surface area contributed by atoms with E-state index in [9.17, 15) is 9.59 Å². The van der Waals surface area contributed by atoms with E-state index in [1.807, 2.05) is 18.2 Å². The second kappa shape index (κ2) is 4.42. The number of benzene rings is 1. The van der Waals surface area contributed by atoms with Gasteiger partial charge < -0.3 is 16.0 Å². The molecule has 1 unspecified atom stereocenters. The number of carbonyl (C=O) groups is 2. The molecule has 2 aliphatic rings. The van der Waals surface area contributed by atoms with Gasteiger partial charge in [0.05, 0.1) is 0 Å². The molecule has 2 aliphatic heterocycles. The van der Waals surface area contributed by atoms with E-state index in [0.717, 1.165) is 29.8 Å². The van der Waals surface area contributed by atoms with Gasteiger partial charge in [-0.05, 0) is 23.6 Å². The Bertz CT molecular complexity index is 513. The van der Waals surface area contributed by atoms with Crippen molar-refractivity contribution in [2.75, 3.05) is 18.4 Å². The average molecular weight is 245 g/mol. The van der Waals surface area contributed by atoms with Gasteiger partial charge in [-0.1, -0.05) is 12.1 Å². The van der Waals surface area contributed by atoms with E-state index in [2.05, 4.69) is 16.0 Å². The van der Waals surface area contributed by atoms with Gasteiger partial charge in [0.2, 0.25) is 11.8 Å². The molecular formula is C13H15N3O2. The Balaban J connectivity index is 1.90. The van der Waals surface area contributed by atoms with Crippen molar-refractivity contribution in [1.82, 2.24) is 10.6 Å². The molecule has 0 spiro atoms. The topological polar surface area (TPSA) is 70.2 Å². The second-order valence-electron chi connectivity index (χ2n) is 4.64. The van der Waals surface area contributed by atoms with E-state index < -0.39 is 0 Å². The average Bonchev–Trinajstić information content (AvgIpc) is 2.39. The van der Waals surface area contributed by atoms with Crippen LogP contribution in [0.1, 0.15) is 23.6 Å². The van der Waals surface area contributed by atoms with Crippen LogP contribution in [0.15, 0.2) is 18.2 Å². The zero-order valence-electron chi connectivity index (χ0n) is 9.95. The van der Waals surface area contributed by atoms with Gasteiger partial charge in [0.15, 0.2) is 0 Å². The van der Waals surface area contributed by atoms with Crippen LogP contribution in [0.25, 0.3) is 0 Å². The molecule has 5 nitrogen and oxygen atoms in total. The summed E-state index contributed by atoms with van der Waals surface area (Å²) in [7, 11) is 0. The first-order chi connectivity index (χ1) is 8.74. The molecule has 2 heterocycles. The number of fused-ring (bicyclic) bond motifs is 1. The second-order valence-corrected chi connectivity index (χ2v) is 4.64. The molecule has 1 saturated heterocycles. The zero-order chi connectivity index (χ0) is 12.5. The summed E-state index contributed by atoms with van der Waals surface area (Å²) in [5.74, 6) is 0.0739. The number of aryl methyl sites for hydroxylation is 1. The number of hydrogen-bond acceptors (Lipinski definition) is 3. The minimum Gasteiger partial charge on any atom is -0.353 e. The summed E-state index contributed by atoms with van der Waals surface area (Å²) in [6, 6.07) is 5.51. The quantitative estimate of drug-likeness (QED) is 0.668. The van der Waals surface area contributed by atoms with Crippen molar-refractivity contribution in [2.45, 2.75) is 18.9 Å². The van der Waals surface area contributed by atoms with Gasteiger partial charge >= 0.3 is 0 Å². The van der Waals surface area contributed by atoms with Crippen molar-refractivity contribution < 1.29 is 9.59 Å². The predicted molar refractivity (Wildman–Crippen MR) is 67.1 cm³/mol. The number of piperazine rings is 1. The highest BCUT2D eigenvalue weighted by Crippen LogP contribution is 2.26. The van der Waals surface area contributed by atoms with E-state index in [1.54, 1.807) is 0 Å². The standard InChI is InChI=1S/C13H15N3O2/c17-11-4-2-8-7-9(1-3-10(8)16-11)12-13(18)15-6-5-14-12/h1,3,7,12,14H,2,4-6H2,(H,15,18)(H,16,17). The van der Waals surface area contributed by atoms with E-state index in [4.69, 9.17) is 0 Å². The summed E-state index contributed by atoms with van der Waals surface area (Å²) in [6.07, 6.45) is 1.25. The molecule has 0 radical (unpaired) electrons. The minimum atomic E-state index is -0.276. The Kier molecular flexibility index (Phi) is 2.76. The monoisotopic (exact) mass is 245 g/mol. The van der Waals surface area contributed by atoms with E-state index in [0.29, 0.717) is 13.0 Å². The molecule has 1 atom stereocenters. The lowest BCUT2D eigenvalue weighted by Gasteiger charge is -2.25. The van der Waals surface area contributed by atoms with Crippen LogP contribution in [-0.4, -0.2) is 24.9 Å². The smallest absolute Gasteiger partial charge is 0.241 e. The third kappa shape index (κ3) is 1.97. The predicted octanol–water partition coefficient (Wildman–Crippen LogP) is 0.332. The molecule has 1 aromatic carbocycles. The van der Waals surface area contributed by atoms with Gasteiger partial charge in [-0.25, -0.2) is 0 Å². The van der Waals surface area contributed by atoms with Crippen LogP contribution in [0.2, 0.25) is 0 Å². The fraction of sp³-hybridized carbons (Fsp3) is 0.385. The third-order valence-electron chi connectivity index (χ3n) is 3.39. The summed E-state index contributed by atoms with van der Waals surface area (Å²) in [5.41, 5.74) is 2.93. The van der Waals surface area contributed by atoms with Crippen LogP contribution in [-0.2, 0) is 16.0 Å². The van der Waals surface area contributed by atoms with Crippen LogP contribution in [0, 0.1) is 0 Å². The molecular weight excluding hydrogens is 230 g/mol. The molecule has 0 aliphatic carbocycles. The molecule has 2 amide bonds. The van der Waals surface area contributed by atoms with Gasteiger partial charge in [-0.2, -0.15) is 0 Å². The SMILES string of the molecule is O=C1CCc2cc(C3NCCNC3=O)ccc2N1. The van der Waals surface area contributed by atoms with E-state index in [1.165, 1.54) is 0 Å². The Morgan fingerprint density at radius 3 is 2.83 bits per heavy atom. The number of anilines is 1. The van der Waals surface area contributed by atoms with Crippen molar-refractivity contribution in [2.24, 2.45) is 0 Å². The van der Waals surface area contributed by atoms with Gasteiger partial charge in [-0.3, -0.25) is 9.59 Å². The maximum absolute atomic E-state index is 11.8. The Morgan fingerprint density at radius 2 is 2.00 bits per heavy atom. The Labute approximate surface area is 105 Å². The number of amides is 2. The van der Waals surface area contributed by atoms with Crippen LogP contribution in [0.5, 0.6) is 0 Å². The first-order valence-electron chi connectivity index (χ1n) is 6.18. The number of hydrogen-bond donors (Lipinski definition) is 3. The molecule has 18 heavy (non-hydrogen) atoms. The van der Waals surface area contributed by atoms with Crippen molar-refractivity contribution in [3.05, 3.63) is 29.3 Å². The summed E-state index contributed by atoms with van der Waals surface area (Å²) in [4.78, 5) is 23.0.